The number of hydrogen-bond acceptors (Lipinski definition) is 4. The summed E-state index contributed by atoms with van der Waals surface area (Å²) < 4.78 is 5.25. The molecule has 2 unspecified atom stereocenters. The van der Waals surface area contributed by atoms with Gasteiger partial charge >= 0.3 is 0 Å². The van der Waals surface area contributed by atoms with Crippen LogP contribution in [0, 0.1) is 6.92 Å². The van der Waals surface area contributed by atoms with Gasteiger partial charge in [-0.3, -0.25) is 9.69 Å². The number of aryl methyl sites for hydroxylation is 1. The number of hydrazone groups is 1. The molecule has 1 aromatic heterocycles. The number of methoxy groups -OCH3 is 1. The van der Waals surface area contributed by atoms with Gasteiger partial charge in [0.05, 0.1) is 19.4 Å². The van der Waals surface area contributed by atoms with E-state index in [1.165, 1.54) is 22.2 Å². The molecule has 1 fully saturated rings. The molecule has 0 radical (unpaired) electrons. The summed E-state index contributed by atoms with van der Waals surface area (Å²) in [6.07, 6.45) is 2.17. The molecule has 0 saturated carbocycles. The SMILES string of the molecule is COc1ccc(C=NN2C(=O)C3Cc4c([nH]c5ccccc45)CN3C2c2ccc(C)cc2)cc1. The van der Waals surface area contributed by atoms with E-state index in [1.54, 1.807) is 18.3 Å². The summed E-state index contributed by atoms with van der Waals surface area (Å²) in [4.78, 5) is 19.6. The zero-order chi connectivity index (χ0) is 23.2. The zero-order valence-corrected chi connectivity index (χ0v) is 19.2. The van der Waals surface area contributed by atoms with Gasteiger partial charge in [0.2, 0.25) is 0 Å². The first-order valence-electron chi connectivity index (χ1n) is 11.5. The van der Waals surface area contributed by atoms with Crippen LogP contribution in [-0.4, -0.2) is 40.2 Å². The molecule has 0 bridgehead atoms. The summed E-state index contributed by atoms with van der Waals surface area (Å²) in [5.41, 5.74) is 6.72. The smallest absolute Gasteiger partial charge is 0.262 e. The minimum Gasteiger partial charge on any atom is -0.497 e. The Morgan fingerprint density at radius 3 is 2.56 bits per heavy atom. The minimum absolute atomic E-state index is 0.0336. The average Bonchev–Trinajstić information content (AvgIpc) is 3.36. The Labute approximate surface area is 198 Å². The number of hydrogen-bond donors (Lipinski definition) is 1. The van der Waals surface area contributed by atoms with Gasteiger partial charge in [0.25, 0.3) is 5.91 Å². The summed E-state index contributed by atoms with van der Waals surface area (Å²) in [7, 11) is 1.65. The summed E-state index contributed by atoms with van der Waals surface area (Å²) in [6.45, 7) is 2.75. The standard InChI is InChI=1S/C28H26N4O2/c1-18-7-11-20(12-8-18)27-31-17-25-23(22-5-3-4-6-24(22)30-25)15-26(31)28(33)32(27)29-16-19-9-13-21(34-2)14-10-19/h3-14,16,26-27,30H,15,17H2,1-2H3. The topological polar surface area (TPSA) is 60.9 Å². The molecule has 6 rings (SSSR count). The van der Waals surface area contributed by atoms with Crippen LogP contribution < -0.4 is 4.74 Å². The van der Waals surface area contributed by atoms with E-state index < -0.39 is 0 Å². The van der Waals surface area contributed by atoms with E-state index in [-0.39, 0.29) is 18.1 Å². The number of aromatic nitrogens is 1. The number of ether oxygens (including phenoxy) is 1. The molecule has 1 N–H and O–H groups in total. The monoisotopic (exact) mass is 450 g/mol. The maximum atomic E-state index is 13.7. The van der Waals surface area contributed by atoms with Gasteiger partial charge in [0.15, 0.2) is 0 Å². The number of amides is 1. The highest BCUT2D eigenvalue weighted by atomic mass is 16.5. The first kappa shape index (κ1) is 20.7. The van der Waals surface area contributed by atoms with Crippen LogP contribution in [-0.2, 0) is 17.8 Å². The lowest BCUT2D eigenvalue weighted by Crippen LogP contribution is -2.39. The predicted octanol–water partition coefficient (Wildman–Crippen LogP) is 4.79. The van der Waals surface area contributed by atoms with Crippen molar-refractivity contribution in [1.29, 1.82) is 0 Å². The minimum atomic E-state index is -0.257. The normalized spacial score (nSPS) is 20.2. The first-order valence-corrected chi connectivity index (χ1v) is 11.5. The Morgan fingerprint density at radius 1 is 1.03 bits per heavy atom. The van der Waals surface area contributed by atoms with Crippen molar-refractivity contribution in [3.05, 3.63) is 101 Å². The molecule has 2 atom stereocenters. The fourth-order valence-electron chi connectivity index (χ4n) is 5.14. The molecule has 6 heteroatoms. The van der Waals surface area contributed by atoms with Crippen LogP contribution in [0.25, 0.3) is 10.9 Å². The van der Waals surface area contributed by atoms with Gasteiger partial charge in [0.1, 0.15) is 11.9 Å². The van der Waals surface area contributed by atoms with Crippen molar-refractivity contribution in [3.8, 4) is 5.75 Å². The van der Waals surface area contributed by atoms with E-state index in [9.17, 15) is 4.79 Å². The van der Waals surface area contributed by atoms with E-state index in [1.807, 2.05) is 30.3 Å². The lowest BCUT2D eigenvalue weighted by atomic mass is 9.96. The van der Waals surface area contributed by atoms with Crippen LogP contribution in [0.15, 0.2) is 77.9 Å². The summed E-state index contributed by atoms with van der Waals surface area (Å²) >= 11 is 0. The second-order valence-electron chi connectivity index (χ2n) is 9.00. The zero-order valence-electron chi connectivity index (χ0n) is 19.2. The Balaban J connectivity index is 1.39. The summed E-state index contributed by atoms with van der Waals surface area (Å²) in [6, 6.07) is 24.2. The second-order valence-corrected chi connectivity index (χ2v) is 9.00. The van der Waals surface area contributed by atoms with Crippen molar-refractivity contribution < 1.29 is 9.53 Å². The third-order valence-electron chi connectivity index (χ3n) is 6.92. The highest BCUT2D eigenvalue weighted by Gasteiger charge is 2.49. The third kappa shape index (κ3) is 3.38. The van der Waals surface area contributed by atoms with Gasteiger partial charge in [0, 0.05) is 23.1 Å². The number of H-pyrrole nitrogens is 1. The lowest BCUT2D eigenvalue weighted by molar-refractivity contribution is -0.130. The molecule has 2 aliphatic heterocycles. The number of aromatic amines is 1. The molecule has 3 aromatic carbocycles. The number of nitrogens with one attached hydrogen (secondary N) is 1. The fraction of sp³-hybridized carbons (Fsp3) is 0.214. The van der Waals surface area contributed by atoms with Crippen LogP contribution in [0.3, 0.4) is 0 Å². The van der Waals surface area contributed by atoms with E-state index >= 15 is 0 Å². The molecule has 1 saturated heterocycles. The quantitative estimate of drug-likeness (QED) is 0.455. The number of para-hydroxylation sites is 1. The second kappa shape index (κ2) is 8.15. The van der Waals surface area contributed by atoms with E-state index in [0.717, 1.165) is 22.4 Å². The fourth-order valence-corrected chi connectivity index (χ4v) is 5.14. The third-order valence-corrected chi connectivity index (χ3v) is 6.92. The largest absolute Gasteiger partial charge is 0.497 e. The van der Waals surface area contributed by atoms with Gasteiger partial charge in [-0.15, -0.1) is 0 Å². The molecule has 170 valence electrons. The van der Waals surface area contributed by atoms with Gasteiger partial charge in [-0.05, 0) is 60.4 Å². The Morgan fingerprint density at radius 2 is 1.79 bits per heavy atom. The number of fused-ring (bicyclic) bond motifs is 4. The Kier molecular flexibility index (Phi) is 4.96. The van der Waals surface area contributed by atoms with Crippen LogP contribution in [0.2, 0.25) is 0 Å². The molecule has 34 heavy (non-hydrogen) atoms. The first-order chi connectivity index (χ1) is 16.6. The maximum Gasteiger partial charge on any atom is 0.262 e. The Bertz CT molecular complexity index is 1390. The van der Waals surface area contributed by atoms with E-state index in [0.29, 0.717) is 13.0 Å². The number of carbonyl (C=O) groups excluding carboxylic acids is 1. The van der Waals surface area contributed by atoms with Crippen LogP contribution in [0.1, 0.15) is 34.1 Å². The molecule has 4 aromatic rings. The van der Waals surface area contributed by atoms with Crippen molar-refractivity contribution in [2.24, 2.45) is 5.10 Å². The molecule has 1 amide bonds. The number of carbonyl (C=O) groups is 1. The van der Waals surface area contributed by atoms with Crippen molar-refractivity contribution in [1.82, 2.24) is 14.9 Å². The maximum absolute atomic E-state index is 13.7. The van der Waals surface area contributed by atoms with Gasteiger partial charge in [-0.25, -0.2) is 5.01 Å². The number of rotatable bonds is 4. The van der Waals surface area contributed by atoms with Crippen molar-refractivity contribution in [3.63, 3.8) is 0 Å². The predicted molar refractivity (Wildman–Crippen MR) is 133 cm³/mol. The van der Waals surface area contributed by atoms with Crippen molar-refractivity contribution in [2.45, 2.75) is 32.1 Å². The number of nitrogens with zero attached hydrogens (tertiary/aromatic N) is 3. The lowest BCUT2D eigenvalue weighted by Gasteiger charge is -2.32. The van der Waals surface area contributed by atoms with E-state index in [4.69, 9.17) is 9.84 Å². The van der Waals surface area contributed by atoms with Gasteiger partial charge < -0.3 is 9.72 Å². The summed E-state index contributed by atoms with van der Waals surface area (Å²) in [5.74, 6) is 0.823. The van der Waals surface area contributed by atoms with Crippen molar-refractivity contribution >= 4 is 23.0 Å². The van der Waals surface area contributed by atoms with Crippen LogP contribution in [0.5, 0.6) is 5.75 Å². The average molecular weight is 451 g/mol. The molecule has 6 nitrogen and oxygen atoms in total. The highest BCUT2D eigenvalue weighted by Crippen LogP contribution is 2.42. The number of benzene rings is 3. The van der Waals surface area contributed by atoms with Crippen LogP contribution in [0.4, 0.5) is 0 Å². The molecule has 3 heterocycles. The van der Waals surface area contributed by atoms with Crippen molar-refractivity contribution in [2.75, 3.05) is 7.11 Å². The molecule has 0 aliphatic carbocycles. The van der Waals surface area contributed by atoms with E-state index in [2.05, 4.69) is 59.3 Å². The molecule has 0 spiro atoms. The molecular formula is C28H26N4O2. The molecule has 2 aliphatic rings. The van der Waals surface area contributed by atoms with Gasteiger partial charge in [-0.1, -0.05) is 48.0 Å². The van der Waals surface area contributed by atoms with Gasteiger partial charge in [-0.2, -0.15) is 5.10 Å². The Hall–Kier alpha value is -3.90. The molecular weight excluding hydrogens is 424 g/mol. The summed E-state index contributed by atoms with van der Waals surface area (Å²) in [5, 5.41) is 7.58. The van der Waals surface area contributed by atoms with Crippen LogP contribution >= 0.6 is 0 Å². The highest BCUT2D eigenvalue weighted by molar-refractivity contribution is 5.90.